The molecule has 0 unspecified atom stereocenters. The molecular weight excluding hydrogens is 560 g/mol. The van der Waals surface area contributed by atoms with Crippen molar-refractivity contribution in [2.24, 2.45) is 0 Å². The second kappa shape index (κ2) is 13.4. The Kier molecular flexibility index (Phi) is 9.49. The van der Waals surface area contributed by atoms with Crippen molar-refractivity contribution in [3.8, 4) is 5.69 Å². The van der Waals surface area contributed by atoms with Crippen LogP contribution in [-0.4, -0.2) is 77.3 Å². The number of ether oxygens (including phenoxy) is 2. The molecule has 0 radical (unpaired) electrons. The number of aliphatic hydroxyl groups excluding tert-OH is 1. The molecule has 1 saturated heterocycles. The highest BCUT2D eigenvalue weighted by Crippen LogP contribution is 2.36. The topological polar surface area (TPSA) is 118 Å². The van der Waals surface area contributed by atoms with E-state index in [1.54, 1.807) is 16.7 Å². The second-order valence-electron chi connectivity index (χ2n) is 10.6. The Labute approximate surface area is 248 Å². The second-order valence-corrected chi connectivity index (χ2v) is 10.6. The molecule has 43 heavy (non-hydrogen) atoms. The van der Waals surface area contributed by atoms with Gasteiger partial charge in [-0.1, -0.05) is 30.3 Å². The lowest BCUT2D eigenvalue weighted by Gasteiger charge is -2.25. The summed E-state index contributed by atoms with van der Waals surface area (Å²) in [6.45, 7) is 2.58. The van der Waals surface area contributed by atoms with Gasteiger partial charge < -0.3 is 24.8 Å². The number of aliphatic hydroxyl groups is 1. The number of para-hydroxylation sites is 1. The summed E-state index contributed by atoms with van der Waals surface area (Å²) in [6.07, 6.45) is 2.56. The molecule has 0 saturated carbocycles. The van der Waals surface area contributed by atoms with Gasteiger partial charge in [-0.2, -0.15) is 5.10 Å². The van der Waals surface area contributed by atoms with Gasteiger partial charge in [-0.3, -0.25) is 10.1 Å². The van der Waals surface area contributed by atoms with E-state index in [2.05, 4.69) is 10.6 Å². The van der Waals surface area contributed by atoms with E-state index in [4.69, 9.17) is 14.6 Å². The third-order valence-electron chi connectivity index (χ3n) is 7.81. The molecule has 3 heterocycles. The van der Waals surface area contributed by atoms with Crippen molar-refractivity contribution in [2.75, 3.05) is 38.7 Å². The summed E-state index contributed by atoms with van der Waals surface area (Å²) < 4.78 is 40.8. The average molecular weight is 596 g/mol. The fourth-order valence-electron chi connectivity index (χ4n) is 5.56. The van der Waals surface area contributed by atoms with Crippen LogP contribution >= 0.6 is 0 Å². The smallest absolute Gasteiger partial charge is 0.320 e. The zero-order valence-corrected chi connectivity index (χ0v) is 24.1. The van der Waals surface area contributed by atoms with Gasteiger partial charge in [-0.05, 0) is 61.6 Å². The zero-order chi connectivity index (χ0) is 30.5. The molecular formula is C31H35F2N5O5. The molecule has 3 amide bonds. The van der Waals surface area contributed by atoms with Crippen LogP contribution in [0.1, 0.15) is 42.2 Å². The molecule has 3 N–H and O–H groups in total. The number of carbonyl (C=O) groups excluding carboxylic acids is 2. The SMILES string of the molecule is COCC[C@H]1C[C@H](NC(=O)Nc2c(C)c(C3=CCN(C(=O)CO)CC3)nn2-c2ccccc2)[C@@H](c2ccc(F)c(F)c2)O1. The third kappa shape index (κ3) is 6.76. The van der Waals surface area contributed by atoms with Gasteiger partial charge in [-0.25, -0.2) is 18.3 Å². The quantitative estimate of drug-likeness (QED) is 0.343. The van der Waals surface area contributed by atoms with E-state index >= 15 is 0 Å². The highest BCUT2D eigenvalue weighted by atomic mass is 19.2. The van der Waals surface area contributed by atoms with E-state index < -0.39 is 36.4 Å². The number of methoxy groups -OCH3 is 1. The molecule has 228 valence electrons. The first-order valence-corrected chi connectivity index (χ1v) is 14.2. The summed E-state index contributed by atoms with van der Waals surface area (Å²) >= 11 is 0. The fraction of sp³-hybridized carbons (Fsp3) is 0.387. The summed E-state index contributed by atoms with van der Waals surface area (Å²) in [5.41, 5.74) is 3.53. The standard InChI is InChI=1S/C31H35F2N5O5/c1-19-28(20-10-13-37(14-11-20)27(40)18-39)36-38(22-6-4-3-5-7-22)30(19)35-31(41)34-26-17-23(12-15-42-2)43-29(26)21-8-9-24(32)25(33)16-21/h3-10,16,23,26,29,39H,11-15,17-18H2,1-2H3,(H2,34,35,41)/t23-,26-,29+/m0/s1. The Bertz CT molecular complexity index is 1500. The van der Waals surface area contributed by atoms with Crippen molar-refractivity contribution in [3.63, 3.8) is 0 Å². The Balaban J connectivity index is 1.40. The summed E-state index contributed by atoms with van der Waals surface area (Å²) in [5.74, 6) is -1.81. The lowest BCUT2D eigenvalue weighted by Crippen LogP contribution is -2.40. The number of nitrogens with one attached hydrogen (secondary N) is 2. The monoisotopic (exact) mass is 595 g/mol. The Morgan fingerprint density at radius 2 is 1.95 bits per heavy atom. The maximum atomic E-state index is 14.1. The number of amides is 3. The first kappa shape index (κ1) is 30.3. The van der Waals surface area contributed by atoms with E-state index in [0.29, 0.717) is 56.0 Å². The molecule has 0 spiro atoms. The van der Waals surface area contributed by atoms with Crippen molar-refractivity contribution in [1.82, 2.24) is 20.0 Å². The first-order chi connectivity index (χ1) is 20.8. The molecule has 0 bridgehead atoms. The minimum atomic E-state index is -0.986. The number of urea groups is 1. The Hall–Kier alpha value is -4.13. The highest BCUT2D eigenvalue weighted by molar-refractivity contribution is 5.91. The van der Waals surface area contributed by atoms with Crippen molar-refractivity contribution in [1.29, 1.82) is 0 Å². The van der Waals surface area contributed by atoms with Crippen molar-refractivity contribution in [2.45, 2.75) is 44.4 Å². The molecule has 3 atom stereocenters. The van der Waals surface area contributed by atoms with E-state index in [-0.39, 0.29) is 12.0 Å². The summed E-state index contributed by atoms with van der Waals surface area (Å²) in [7, 11) is 1.59. The Morgan fingerprint density at radius 1 is 1.16 bits per heavy atom. The number of benzene rings is 2. The van der Waals surface area contributed by atoms with Gasteiger partial charge in [0.1, 0.15) is 18.5 Å². The molecule has 0 aliphatic carbocycles. The number of hydrogen-bond donors (Lipinski definition) is 3. The highest BCUT2D eigenvalue weighted by Gasteiger charge is 2.37. The molecule has 1 aromatic heterocycles. The van der Waals surface area contributed by atoms with Crippen LogP contribution in [0.3, 0.4) is 0 Å². The van der Waals surface area contributed by atoms with Crippen molar-refractivity contribution < 1.29 is 33.0 Å². The molecule has 2 aliphatic heterocycles. The van der Waals surface area contributed by atoms with Gasteiger partial charge in [0.25, 0.3) is 0 Å². The van der Waals surface area contributed by atoms with Crippen molar-refractivity contribution >= 4 is 23.3 Å². The predicted molar refractivity (Wildman–Crippen MR) is 156 cm³/mol. The van der Waals surface area contributed by atoms with Crippen LogP contribution in [0.4, 0.5) is 19.4 Å². The van der Waals surface area contributed by atoms with E-state index in [1.165, 1.54) is 6.07 Å². The molecule has 2 aliphatic rings. The van der Waals surface area contributed by atoms with Gasteiger partial charge in [0, 0.05) is 32.4 Å². The van der Waals surface area contributed by atoms with Crippen LogP contribution in [0.2, 0.25) is 0 Å². The van der Waals surface area contributed by atoms with Gasteiger partial charge in [0.15, 0.2) is 11.6 Å². The van der Waals surface area contributed by atoms with Crippen LogP contribution in [0, 0.1) is 18.6 Å². The third-order valence-corrected chi connectivity index (χ3v) is 7.81. The van der Waals surface area contributed by atoms with Gasteiger partial charge in [0.2, 0.25) is 5.91 Å². The van der Waals surface area contributed by atoms with Crippen LogP contribution < -0.4 is 10.6 Å². The Morgan fingerprint density at radius 3 is 2.63 bits per heavy atom. The van der Waals surface area contributed by atoms with Gasteiger partial charge in [-0.15, -0.1) is 0 Å². The van der Waals surface area contributed by atoms with E-state index in [1.807, 2.05) is 43.3 Å². The van der Waals surface area contributed by atoms with Crippen LogP contribution in [0.15, 0.2) is 54.6 Å². The molecule has 5 rings (SSSR count). The fourth-order valence-corrected chi connectivity index (χ4v) is 5.56. The number of rotatable bonds is 9. The van der Waals surface area contributed by atoms with Crippen LogP contribution in [0.5, 0.6) is 0 Å². The minimum Gasteiger partial charge on any atom is -0.387 e. The van der Waals surface area contributed by atoms with Crippen molar-refractivity contribution in [3.05, 3.63) is 83.1 Å². The number of aromatic nitrogens is 2. The van der Waals surface area contributed by atoms with Gasteiger partial charge >= 0.3 is 6.03 Å². The predicted octanol–water partition coefficient (Wildman–Crippen LogP) is 4.12. The summed E-state index contributed by atoms with van der Waals surface area (Å²) in [4.78, 5) is 27.0. The number of carbonyl (C=O) groups is 2. The minimum absolute atomic E-state index is 0.248. The summed E-state index contributed by atoms with van der Waals surface area (Å²) in [5, 5.41) is 20.0. The molecule has 12 heteroatoms. The maximum Gasteiger partial charge on any atom is 0.320 e. The molecule has 3 aromatic rings. The average Bonchev–Trinajstić information content (AvgIpc) is 3.57. The summed E-state index contributed by atoms with van der Waals surface area (Å²) in [6, 6.07) is 12.0. The van der Waals surface area contributed by atoms with Crippen LogP contribution in [0.25, 0.3) is 11.3 Å². The number of halogens is 2. The maximum absolute atomic E-state index is 14.1. The molecule has 1 fully saturated rings. The molecule has 2 aromatic carbocycles. The normalized spacial score (nSPS) is 20.2. The lowest BCUT2D eigenvalue weighted by atomic mass is 10.00. The first-order valence-electron chi connectivity index (χ1n) is 14.2. The molecule has 10 nitrogen and oxygen atoms in total. The largest absolute Gasteiger partial charge is 0.387 e. The van der Waals surface area contributed by atoms with E-state index in [0.717, 1.165) is 29.0 Å². The van der Waals surface area contributed by atoms with Gasteiger partial charge in [0.05, 0.1) is 23.5 Å². The number of nitrogens with zero attached hydrogens (tertiary/aromatic N) is 3. The zero-order valence-electron chi connectivity index (χ0n) is 24.1. The van der Waals surface area contributed by atoms with Crippen LogP contribution in [-0.2, 0) is 14.3 Å². The number of anilines is 1. The van der Waals surface area contributed by atoms with E-state index in [9.17, 15) is 23.5 Å². The lowest BCUT2D eigenvalue weighted by molar-refractivity contribution is -0.133. The number of hydrogen-bond acceptors (Lipinski definition) is 6.